The first-order chi connectivity index (χ1) is 11.2. The van der Waals surface area contributed by atoms with Gasteiger partial charge in [-0.3, -0.25) is 4.90 Å². The summed E-state index contributed by atoms with van der Waals surface area (Å²) in [4.78, 5) is 2.17. The molecule has 0 radical (unpaired) electrons. The number of rotatable bonds is 3. The minimum atomic E-state index is -0.399. The first kappa shape index (κ1) is 15.2. The molecule has 114 valence electrons. The van der Waals surface area contributed by atoms with Crippen LogP contribution in [0.25, 0.3) is 0 Å². The fraction of sp³-hybridized carbons (Fsp3) is 0.263. The molecule has 0 unspecified atom stereocenters. The lowest BCUT2D eigenvalue weighted by molar-refractivity contribution is 0.322. The zero-order chi connectivity index (χ0) is 16.2. The number of likely N-dealkylation sites (tertiary alicyclic amines) is 1. The maximum atomic E-state index is 13.2. The standard InChI is InChI=1S/C19H16FN3/c20-18-7-6-15(16(8-18)9-21)11-23-12-17(10-22)19(13-23)14-4-2-1-3-5-14/h1-8,17,19H,11-13H2/t17-,19+/m1/s1. The van der Waals surface area contributed by atoms with Crippen LogP contribution in [0.2, 0.25) is 0 Å². The van der Waals surface area contributed by atoms with Crippen LogP contribution in [0.4, 0.5) is 4.39 Å². The fourth-order valence-corrected chi connectivity index (χ4v) is 3.21. The van der Waals surface area contributed by atoms with Crippen molar-refractivity contribution < 1.29 is 4.39 Å². The van der Waals surface area contributed by atoms with E-state index < -0.39 is 5.82 Å². The predicted molar refractivity (Wildman–Crippen MR) is 84.7 cm³/mol. The molecule has 0 bridgehead atoms. The summed E-state index contributed by atoms with van der Waals surface area (Å²) in [6, 6.07) is 18.8. The number of hydrogen-bond acceptors (Lipinski definition) is 3. The summed E-state index contributed by atoms with van der Waals surface area (Å²) in [5.41, 5.74) is 2.34. The molecule has 0 amide bonds. The van der Waals surface area contributed by atoms with Gasteiger partial charge in [0.15, 0.2) is 0 Å². The van der Waals surface area contributed by atoms with Crippen molar-refractivity contribution in [1.82, 2.24) is 4.90 Å². The number of nitrogens with zero attached hydrogens (tertiary/aromatic N) is 3. The Balaban J connectivity index is 1.79. The van der Waals surface area contributed by atoms with Gasteiger partial charge in [0.05, 0.1) is 23.6 Å². The molecule has 0 spiro atoms. The lowest BCUT2D eigenvalue weighted by atomic mass is 9.90. The van der Waals surface area contributed by atoms with E-state index >= 15 is 0 Å². The third-order valence-corrected chi connectivity index (χ3v) is 4.38. The van der Waals surface area contributed by atoms with Gasteiger partial charge in [-0.15, -0.1) is 0 Å². The number of benzene rings is 2. The van der Waals surface area contributed by atoms with E-state index in [1.807, 2.05) is 24.3 Å². The van der Waals surface area contributed by atoms with Gasteiger partial charge in [0.1, 0.15) is 5.82 Å². The van der Waals surface area contributed by atoms with Crippen LogP contribution in [0, 0.1) is 34.4 Å². The van der Waals surface area contributed by atoms with E-state index in [1.54, 1.807) is 6.07 Å². The maximum Gasteiger partial charge on any atom is 0.124 e. The van der Waals surface area contributed by atoms with Gasteiger partial charge >= 0.3 is 0 Å². The zero-order valence-electron chi connectivity index (χ0n) is 12.6. The van der Waals surface area contributed by atoms with Gasteiger partial charge in [0, 0.05) is 25.6 Å². The van der Waals surface area contributed by atoms with Crippen LogP contribution < -0.4 is 0 Å². The van der Waals surface area contributed by atoms with Crippen LogP contribution in [0.5, 0.6) is 0 Å². The Hall–Kier alpha value is -2.69. The quantitative estimate of drug-likeness (QED) is 0.873. The second-order valence-electron chi connectivity index (χ2n) is 5.86. The highest BCUT2D eigenvalue weighted by atomic mass is 19.1. The largest absolute Gasteiger partial charge is 0.297 e. The predicted octanol–water partition coefficient (Wildman–Crippen LogP) is 3.44. The van der Waals surface area contributed by atoms with Crippen molar-refractivity contribution in [3.63, 3.8) is 0 Å². The molecule has 1 saturated heterocycles. The Morgan fingerprint density at radius 3 is 2.57 bits per heavy atom. The lowest BCUT2D eigenvalue weighted by Crippen LogP contribution is -2.20. The third kappa shape index (κ3) is 3.23. The van der Waals surface area contributed by atoms with Gasteiger partial charge < -0.3 is 0 Å². The maximum absolute atomic E-state index is 13.2. The first-order valence-corrected chi connectivity index (χ1v) is 7.56. The van der Waals surface area contributed by atoms with E-state index in [2.05, 4.69) is 23.1 Å². The average molecular weight is 305 g/mol. The zero-order valence-corrected chi connectivity index (χ0v) is 12.6. The van der Waals surface area contributed by atoms with Crippen molar-refractivity contribution in [2.75, 3.05) is 13.1 Å². The molecule has 2 atom stereocenters. The summed E-state index contributed by atoms with van der Waals surface area (Å²) in [6.07, 6.45) is 0. The van der Waals surface area contributed by atoms with Gasteiger partial charge in [0.2, 0.25) is 0 Å². The van der Waals surface area contributed by atoms with Crippen molar-refractivity contribution in [3.05, 3.63) is 71.0 Å². The molecule has 0 saturated carbocycles. The average Bonchev–Trinajstić information content (AvgIpc) is 3.00. The summed E-state index contributed by atoms with van der Waals surface area (Å²) in [5.74, 6) is -0.292. The van der Waals surface area contributed by atoms with Crippen LogP contribution in [-0.2, 0) is 6.54 Å². The van der Waals surface area contributed by atoms with E-state index in [9.17, 15) is 9.65 Å². The van der Waals surface area contributed by atoms with Crippen molar-refractivity contribution in [2.45, 2.75) is 12.5 Å². The Bertz CT molecular complexity index is 773. The summed E-state index contributed by atoms with van der Waals surface area (Å²) in [5, 5.41) is 18.6. The molecule has 1 aliphatic rings. The van der Waals surface area contributed by atoms with E-state index in [1.165, 1.54) is 17.7 Å². The molecule has 3 rings (SSSR count). The SMILES string of the molecule is N#Cc1cc(F)ccc1CN1C[C@@H](C#N)[C@H](c2ccccc2)C1. The molecule has 23 heavy (non-hydrogen) atoms. The molecule has 2 aromatic carbocycles. The molecule has 1 fully saturated rings. The minimum Gasteiger partial charge on any atom is -0.297 e. The molecule has 4 heteroatoms. The monoisotopic (exact) mass is 305 g/mol. The third-order valence-electron chi connectivity index (χ3n) is 4.38. The lowest BCUT2D eigenvalue weighted by Gasteiger charge is -2.17. The topological polar surface area (TPSA) is 50.8 Å². The highest BCUT2D eigenvalue weighted by molar-refractivity contribution is 5.38. The van der Waals surface area contributed by atoms with Gasteiger partial charge in [-0.05, 0) is 23.3 Å². The molecular formula is C19H16FN3. The highest BCUT2D eigenvalue weighted by Gasteiger charge is 2.33. The van der Waals surface area contributed by atoms with E-state index in [-0.39, 0.29) is 11.8 Å². The second kappa shape index (κ2) is 6.60. The Labute approximate surface area is 135 Å². The van der Waals surface area contributed by atoms with Crippen LogP contribution in [-0.4, -0.2) is 18.0 Å². The summed E-state index contributed by atoms with van der Waals surface area (Å²) in [6.45, 7) is 1.99. The molecule has 0 aliphatic carbocycles. The summed E-state index contributed by atoms with van der Waals surface area (Å²) >= 11 is 0. The van der Waals surface area contributed by atoms with E-state index in [0.29, 0.717) is 18.7 Å². The van der Waals surface area contributed by atoms with Crippen molar-refractivity contribution >= 4 is 0 Å². The van der Waals surface area contributed by atoms with Gasteiger partial charge in [-0.25, -0.2) is 4.39 Å². The van der Waals surface area contributed by atoms with Gasteiger partial charge in [-0.1, -0.05) is 36.4 Å². The first-order valence-electron chi connectivity index (χ1n) is 7.56. The molecule has 0 aromatic heterocycles. The number of hydrogen-bond donors (Lipinski definition) is 0. The molecule has 3 nitrogen and oxygen atoms in total. The minimum absolute atomic E-state index is 0.0663. The van der Waals surface area contributed by atoms with Gasteiger partial charge in [-0.2, -0.15) is 10.5 Å². The molecule has 1 aliphatic heterocycles. The van der Waals surface area contributed by atoms with E-state index in [4.69, 9.17) is 5.26 Å². The van der Waals surface area contributed by atoms with Crippen LogP contribution in [0.1, 0.15) is 22.6 Å². The summed E-state index contributed by atoms with van der Waals surface area (Å²) < 4.78 is 13.2. The molecule has 2 aromatic rings. The van der Waals surface area contributed by atoms with Gasteiger partial charge in [0.25, 0.3) is 0 Å². The van der Waals surface area contributed by atoms with Crippen molar-refractivity contribution in [1.29, 1.82) is 10.5 Å². The molecular weight excluding hydrogens is 289 g/mol. The summed E-state index contributed by atoms with van der Waals surface area (Å²) in [7, 11) is 0. The van der Waals surface area contributed by atoms with E-state index in [0.717, 1.165) is 12.1 Å². The number of nitriles is 2. The normalized spacial score (nSPS) is 20.8. The fourth-order valence-electron chi connectivity index (χ4n) is 3.21. The van der Waals surface area contributed by atoms with Crippen LogP contribution in [0.3, 0.4) is 0 Å². The van der Waals surface area contributed by atoms with Crippen molar-refractivity contribution in [2.24, 2.45) is 5.92 Å². The Morgan fingerprint density at radius 2 is 1.87 bits per heavy atom. The van der Waals surface area contributed by atoms with Crippen LogP contribution >= 0.6 is 0 Å². The highest BCUT2D eigenvalue weighted by Crippen LogP contribution is 2.33. The Morgan fingerprint density at radius 1 is 1.09 bits per heavy atom. The smallest absolute Gasteiger partial charge is 0.124 e. The van der Waals surface area contributed by atoms with Crippen LogP contribution in [0.15, 0.2) is 48.5 Å². The second-order valence-corrected chi connectivity index (χ2v) is 5.86. The Kier molecular flexibility index (Phi) is 4.37. The number of halogens is 1. The molecule has 0 N–H and O–H groups in total. The van der Waals surface area contributed by atoms with Crippen molar-refractivity contribution in [3.8, 4) is 12.1 Å². The molecule has 1 heterocycles.